The number of halogens is 1. The summed E-state index contributed by atoms with van der Waals surface area (Å²) in [6, 6.07) is 2.14. The molecule has 0 radical (unpaired) electrons. The topological polar surface area (TPSA) is 92.5 Å². The summed E-state index contributed by atoms with van der Waals surface area (Å²) in [6.45, 7) is 2.48. The number of nitro groups is 1. The minimum Gasteiger partial charge on any atom is -0.478 e. The number of carboxylic acid groups (broad SMARTS) is 1. The summed E-state index contributed by atoms with van der Waals surface area (Å²) in [5.74, 6) is -1.26. The van der Waals surface area contributed by atoms with E-state index in [1.165, 1.54) is 0 Å². The lowest BCUT2D eigenvalue weighted by Crippen LogP contribution is -2.15. The van der Waals surface area contributed by atoms with Crippen molar-refractivity contribution in [2.45, 2.75) is 12.2 Å². The largest absolute Gasteiger partial charge is 0.478 e. The number of nitro benzene ring substituents is 1. The Balaban J connectivity index is 3.15. The van der Waals surface area contributed by atoms with E-state index >= 15 is 0 Å². The Bertz CT molecular complexity index is 510. The minimum atomic E-state index is -1.26. The quantitative estimate of drug-likeness (QED) is 0.619. The zero-order valence-electron chi connectivity index (χ0n) is 10.3. The molecule has 0 amide bonds. The predicted octanol–water partition coefficient (Wildman–Crippen LogP) is 3.11. The van der Waals surface area contributed by atoms with Gasteiger partial charge in [-0.05, 0) is 6.26 Å². The van der Waals surface area contributed by atoms with E-state index in [1.54, 1.807) is 11.8 Å². The molecule has 2 N–H and O–H groups in total. The number of hydrogen-bond donors (Lipinski definition) is 2. The predicted molar refractivity (Wildman–Crippen MR) is 76.5 cm³/mol. The number of benzene rings is 1. The van der Waals surface area contributed by atoms with E-state index in [1.807, 2.05) is 13.2 Å². The van der Waals surface area contributed by atoms with Crippen molar-refractivity contribution in [3.8, 4) is 0 Å². The fraction of sp³-hybridized carbons (Fsp3) is 0.364. The van der Waals surface area contributed by atoms with Crippen molar-refractivity contribution in [1.29, 1.82) is 0 Å². The number of aromatic carboxylic acids is 1. The lowest BCUT2D eigenvalue weighted by atomic mass is 10.1. The van der Waals surface area contributed by atoms with Gasteiger partial charge in [0, 0.05) is 23.9 Å². The van der Waals surface area contributed by atoms with Crippen LogP contribution in [-0.4, -0.2) is 34.0 Å². The van der Waals surface area contributed by atoms with Crippen LogP contribution < -0.4 is 5.32 Å². The number of rotatable bonds is 6. The number of nitrogens with one attached hydrogen (secondary N) is 1. The van der Waals surface area contributed by atoms with Gasteiger partial charge in [-0.15, -0.1) is 0 Å². The molecule has 19 heavy (non-hydrogen) atoms. The van der Waals surface area contributed by atoms with E-state index in [-0.39, 0.29) is 27.2 Å². The maximum atomic E-state index is 11.1. The van der Waals surface area contributed by atoms with Crippen LogP contribution in [0, 0.1) is 10.1 Å². The van der Waals surface area contributed by atoms with Crippen molar-refractivity contribution in [3.05, 3.63) is 32.8 Å². The van der Waals surface area contributed by atoms with E-state index in [0.717, 1.165) is 12.1 Å². The Labute approximate surface area is 119 Å². The van der Waals surface area contributed by atoms with Crippen molar-refractivity contribution >= 4 is 40.7 Å². The molecular weight excluding hydrogens is 292 g/mol. The Hall–Kier alpha value is -1.47. The molecule has 0 heterocycles. The summed E-state index contributed by atoms with van der Waals surface area (Å²) >= 11 is 7.52. The third kappa shape index (κ3) is 4.00. The number of hydrogen-bond acceptors (Lipinski definition) is 5. The second-order valence-electron chi connectivity index (χ2n) is 3.84. The third-order valence-corrected chi connectivity index (χ3v) is 3.75. The first-order valence-electron chi connectivity index (χ1n) is 5.34. The Morgan fingerprint density at radius 1 is 1.63 bits per heavy atom. The van der Waals surface area contributed by atoms with Gasteiger partial charge in [-0.3, -0.25) is 10.1 Å². The molecular formula is C11H13ClN2O4S. The summed E-state index contributed by atoms with van der Waals surface area (Å²) in [7, 11) is 0. The van der Waals surface area contributed by atoms with Gasteiger partial charge in [-0.1, -0.05) is 18.5 Å². The SMILES string of the molecule is CSC(C)CNc1c(Cl)cc([N+](=O)[O-])cc1C(=O)O. The van der Waals surface area contributed by atoms with Gasteiger partial charge >= 0.3 is 5.97 Å². The summed E-state index contributed by atoms with van der Waals surface area (Å²) in [4.78, 5) is 21.1. The van der Waals surface area contributed by atoms with Crippen LogP contribution in [0.3, 0.4) is 0 Å². The standard InChI is InChI=1S/C11H13ClN2O4S/c1-6(19-2)5-13-10-8(11(15)16)3-7(14(17)18)4-9(10)12/h3-4,6,13H,5H2,1-2H3,(H,15,16). The van der Waals surface area contributed by atoms with Gasteiger partial charge in [-0.2, -0.15) is 11.8 Å². The van der Waals surface area contributed by atoms with E-state index in [4.69, 9.17) is 16.7 Å². The maximum Gasteiger partial charge on any atom is 0.338 e. The summed E-state index contributed by atoms with van der Waals surface area (Å²) in [6.07, 6.45) is 1.93. The highest BCUT2D eigenvalue weighted by molar-refractivity contribution is 7.99. The fourth-order valence-electron chi connectivity index (χ4n) is 1.38. The molecule has 0 aliphatic heterocycles. The van der Waals surface area contributed by atoms with Crippen LogP contribution in [0.1, 0.15) is 17.3 Å². The van der Waals surface area contributed by atoms with Crippen molar-refractivity contribution in [2.24, 2.45) is 0 Å². The third-order valence-electron chi connectivity index (χ3n) is 2.48. The first-order chi connectivity index (χ1) is 8.86. The van der Waals surface area contributed by atoms with E-state index in [0.29, 0.717) is 6.54 Å². The van der Waals surface area contributed by atoms with Crippen molar-refractivity contribution in [3.63, 3.8) is 0 Å². The molecule has 6 nitrogen and oxygen atoms in total. The molecule has 104 valence electrons. The smallest absolute Gasteiger partial charge is 0.338 e. The second-order valence-corrected chi connectivity index (χ2v) is 5.52. The van der Waals surface area contributed by atoms with Crippen LogP contribution in [0.5, 0.6) is 0 Å². The number of nitrogens with zero attached hydrogens (tertiary/aromatic N) is 1. The maximum absolute atomic E-state index is 11.1. The number of carbonyl (C=O) groups is 1. The Morgan fingerprint density at radius 2 is 2.26 bits per heavy atom. The molecule has 0 aromatic heterocycles. The molecule has 0 bridgehead atoms. The molecule has 1 aromatic rings. The molecule has 0 spiro atoms. The lowest BCUT2D eigenvalue weighted by molar-refractivity contribution is -0.384. The number of carboxylic acids is 1. The minimum absolute atomic E-state index is 0.0277. The molecule has 0 aliphatic rings. The number of anilines is 1. The van der Waals surface area contributed by atoms with Crippen LogP contribution >= 0.6 is 23.4 Å². The average Bonchev–Trinajstić information content (AvgIpc) is 2.35. The highest BCUT2D eigenvalue weighted by Crippen LogP contribution is 2.31. The fourth-order valence-corrected chi connectivity index (χ4v) is 1.91. The number of non-ortho nitro benzene ring substituents is 1. The van der Waals surface area contributed by atoms with Crippen LogP contribution in [-0.2, 0) is 0 Å². The first kappa shape index (κ1) is 15.6. The second kappa shape index (κ2) is 6.63. The van der Waals surface area contributed by atoms with Crippen LogP contribution in [0.15, 0.2) is 12.1 Å². The van der Waals surface area contributed by atoms with Crippen molar-refractivity contribution < 1.29 is 14.8 Å². The highest BCUT2D eigenvalue weighted by atomic mass is 35.5. The Morgan fingerprint density at radius 3 is 2.74 bits per heavy atom. The summed E-state index contributed by atoms with van der Waals surface area (Å²) < 4.78 is 0. The molecule has 1 aromatic carbocycles. The molecule has 0 saturated carbocycles. The molecule has 8 heteroatoms. The highest BCUT2D eigenvalue weighted by Gasteiger charge is 2.20. The molecule has 0 saturated heterocycles. The molecule has 0 aliphatic carbocycles. The normalized spacial score (nSPS) is 11.9. The van der Waals surface area contributed by atoms with Gasteiger partial charge in [-0.25, -0.2) is 4.79 Å². The zero-order valence-corrected chi connectivity index (χ0v) is 11.9. The Kier molecular flexibility index (Phi) is 5.44. The molecule has 1 atom stereocenters. The van der Waals surface area contributed by atoms with Crippen LogP contribution in [0.25, 0.3) is 0 Å². The summed E-state index contributed by atoms with van der Waals surface area (Å²) in [5.41, 5.74) is -0.334. The lowest BCUT2D eigenvalue weighted by Gasteiger charge is -2.14. The number of thioether (sulfide) groups is 1. The van der Waals surface area contributed by atoms with Crippen LogP contribution in [0.2, 0.25) is 5.02 Å². The monoisotopic (exact) mass is 304 g/mol. The van der Waals surface area contributed by atoms with Gasteiger partial charge < -0.3 is 10.4 Å². The summed E-state index contributed by atoms with van der Waals surface area (Å²) in [5, 5.41) is 23.0. The molecule has 1 unspecified atom stereocenters. The van der Waals surface area contributed by atoms with Crippen molar-refractivity contribution in [2.75, 3.05) is 18.1 Å². The van der Waals surface area contributed by atoms with Crippen LogP contribution in [0.4, 0.5) is 11.4 Å². The van der Waals surface area contributed by atoms with Gasteiger partial charge in [0.15, 0.2) is 0 Å². The zero-order chi connectivity index (χ0) is 14.6. The van der Waals surface area contributed by atoms with E-state index in [2.05, 4.69) is 5.32 Å². The van der Waals surface area contributed by atoms with Gasteiger partial charge in [0.1, 0.15) is 0 Å². The van der Waals surface area contributed by atoms with E-state index in [9.17, 15) is 14.9 Å². The molecule has 0 fully saturated rings. The molecule has 1 rings (SSSR count). The van der Waals surface area contributed by atoms with Gasteiger partial charge in [0.25, 0.3) is 5.69 Å². The average molecular weight is 305 g/mol. The van der Waals surface area contributed by atoms with Crippen molar-refractivity contribution in [1.82, 2.24) is 0 Å². The van der Waals surface area contributed by atoms with Gasteiger partial charge in [0.2, 0.25) is 0 Å². The van der Waals surface area contributed by atoms with E-state index < -0.39 is 10.9 Å². The first-order valence-corrected chi connectivity index (χ1v) is 7.01. The van der Waals surface area contributed by atoms with Gasteiger partial charge in [0.05, 0.1) is 21.2 Å².